The number of nitrogens with one attached hydrogen (secondary N) is 1. The number of hydrogen-bond donors (Lipinski definition) is 1. The summed E-state index contributed by atoms with van der Waals surface area (Å²) in [4.78, 5) is 8.21. The van der Waals surface area contributed by atoms with Gasteiger partial charge in [0.1, 0.15) is 6.33 Å². The third-order valence-electron chi connectivity index (χ3n) is 4.94. The molecule has 1 unspecified atom stereocenters. The Balaban J connectivity index is 1.55. The maximum Gasteiger partial charge on any atom is 0.220 e. The zero-order chi connectivity index (χ0) is 14.5. The molecule has 116 valence electrons. The molecule has 2 heterocycles. The molecule has 2 aliphatic rings. The maximum atomic E-state index is 6.04. The van der Waals surface area contributed by atoms with Gasteiger partial charge >= 0.3 is 0 Å². The van der Waals surface area contributed by atoms with Gasteiger partial charge in [0, 0.05) is 36.9 Å². The Morgan fingerprint density at radius 2 is 2.29 bits per heavy atom. The summed E-state index contributed by atoms with van der Waals surface area (Å²) in [6.07, 6.45) is 11.4. The van der Waals surface area contributed by atoms with E-state index in [1.165, 1.54) is 44.9 Å². The highest BCUT2D eigenvalue weighted by atomic mass is 16.5. The van der Waals surface area contributed by atoms with Crippen LogP contribution in [0.4, 0.5) is 0 Å². The first-order valence-electron chi connectivity index (χ1n) is 7.99. The third kappa shape index (κ3) is 3.19. The molecule has 3 rings (SSSR count). The van der Waals surface area contributed by atoms with Crippen LogP contribution in [-0.2, 0) is 11.3 Å². The van der Waals surface area contributed by atoms with Crippen LogP contribution >= 0.6 is 0 Å². The zero-order valence-corrected chi connectivity index (χ0v) is 12.8. The molecule has 1 aromatic heterocycles. The lowest BCUT2D eigenvalue weighted by molar-refractivity contribution is -0.103. The first-order chi connectivity index (χ1) is 10.3. The largest absolute Gasteiger partial charge is 0.481 e. The van der Waals surface area contributed by atoms with Crippen molar-refractivity contribution in [1.82, 2.24) is 15.3 Å². The first kappa shape index (κ1) is 14.7. The van der Waals surface area contributed by atoms with Crippen LogP contribution in [0, 0.1) is 5.41 Å². The molecule has 1 aliphatic carbocycles. The van der Waals surface area contributed by atoms with Crippen LogP contribution in [-0.4, -0.2) is 36.3 Å². The van der Waals surface area contributed by atoms with Crippen LogP contribution in [0.2, 0.25) is 0 Å². The Kier molecular flexibility index (Phi) is 4.70. The lowest BCUT2D eigenvalue weighted by Crippen LogP contribution is -2.50. The van der Waals surface area contributed by atoms with Crippen LogP contribution in [0.3, 0.4) is 0 Å². The predicted molar refractivity (Wildman–Crippen MR) is 80.2 cm³/mol. The Hall–Kier alpha value is -1.20. The molecule has 0 spiro atoms. The van der Waals surface area contributed by atoms with Gasteiger partial charge in [-0.1, -0.05) is 6.42 Å². The van der Waals surface area contributed by atoms with Gasteiger partial charge in [-0.25, -0.2) is 9.97 Å². The molecule has 1 aliphatic heterocycles. The minimum absolute atomic E-state index is 0.350. The van der Waals surface area contributed by atoms with Crippen molar-refractivity contribution < 1.29 is 9.47 Å². The van der Waals surface area contributed by atoms with E-state index in [-0.39, 0.29) is 0 Å². The van der Waals surface area contributed by atoms with E-state index in [2.05, 4.69) is 15.3 Å². The molecule has 5 heteroatoms. The van der Waals surface area contributed by atoms with Crippen molar-refractivity contribution in [2.75, 3.05) is 20.3 Å². The Labute approximate surface area is 126 Å². The molecule has 21 heavy (non-hydrogen) atoms. The standard InChI is InChI=1S/C16H25N3O2/c1-20-15-13(10-18-12-19-15)9-17-11-16(6-4-7-16)14-5-2-3-8-21-14/h10,12,14,17H,2-9,11H2,1H3. The van der Waals surface area contributed by atoms with Crippen molar-refractivity contribution in [3.05, 3.63) is 18.1 Å². The van der Waals surface area contributed by atoms with E-state index in [0.717, 1.165) is 25.3 Å². The first-order valence-corrected chi connectivity index (χ1v) is 7.99. The molecule has 0 bridgehead atoms. The van der Waals surface area contributed by atoms with Gasteiger partial charge in [0.05, 0.1) is 13.2 Å². The lowest BCUT2D eigenvalue weighted by atomic mass is 9.63. The fraction of sp³-hybridized carbons (Fsp3) is 0.750. The highest BCUT2D eigenvalue weighted by molar-refractivity contribution is 5.21. The molecule has 1 saturated carbocycles. The summed E-state index contributed by atoms with van der Waals surface area (Å²) in [7, 11) is 1.65. The molecule has 1 aromatic rings. The normalized spacial score (nSPS) is 24.3. The van der Waals surface area contributed by atoms with Crippen molar-refractivity contribution in [3.8, 4) is 5.88 Å². The van der Waals surface area contributed by atoms with Gasteiger partial charge in [-0.3, -0.25) is 0 Å². The fourth-order valence-electron chi connectivity index (χ4n) is 3.57. The molecule has 0 radical (unpaired) electrons. The quantitative estimate of drug-likeness (QED) is 0.871. The summed E-state index contributed by atoms with van der Waals surface area (Å²) in [5, 5.41) is 3.58. The van der Waals surface area contributed by atoms with Gasteiger partial charge in [0.2, 0.25) is 5.88 Å². The summed E-state index contributed by atoms with van der Waals surface area (Å²) in [5.74, 6) is 0.661. The number of aromatic nitrogens is 2. The Bertz CT molecular complexity index is 457. The van der Waals surface area contributed by atoms with Gasteiger partial charge < -0.3 is 14.8 Å². The van der Waals surface area contributed by atoms with Crippen LogP contribution in [0.15, 0.2) is 12.5 Å². The van der Waals surface area contributed by atoms with E-state index in [9.17, 15) is 0 Å². The molecule has 1 atom stereocenters. The average Bonchev–Trinajstić information content (AvgIpc) is 2.51. The maximum absolute atomic E-state index is 6.04. The van der Waals surface area contributed by atoms with E-state index in [4.69, 9.17) is 9.47 Å². The van der Waals surface area contributed by atoms with E-state index in [1.54, 1.807) is 7.11 Å². The monoisotopic (exact) mass is 291 g/mol. The molecular weight excluding hydrogens is 266 g/mol. The van der Waals surface area contributed by atoms with E-state index in [0.29, 0.717) is 17.4 Å². The fourth-order valence-corrected chi connectivity index (χ4v) is 3.57. The molecular formula is C16H25N3O2. The average molecular weight is 291 g/mol. The lowest BCUT2D eigenvalue weighted by Gasteiger charge is -2.49. The van der Waals surface area contributed by atoms with Gasteiger partial charge in [-0.05, 0) is 32.1 Å². The second-order valence-corrected chi connectivity index (χ2v) is 6.23. The molecule has 5 nitrogen and oxygen atoms in total. The SMILES string of the molecule is COc1ncncc1CNCC1(C2CCCCO2)CCC1. The number of rotatable bonds is 6. The summed E-state index contributed by atoms with van der Waals surface area (Å²) in [5.41, 5.74) is 1.36. The molecule has 0 aromatic carbocycles. The van der Waals surface area contributed by atoms with Gasteiger partial charge in [-0.15, -0.1) is 0 Å². The van der Waals surface area contributed by atoms with Crippen LogP contribution in [0.1, 0.15) is 44.1 Å². The van der Waals surface area contributed by atoms with Crippen molar-refractivity contribution in [1.29, 1.82) is 0 Å². The highest BCUT2D eigenvalue weighted by Gasteiger charge is 2.44. The number of ether oxygens (including phenoxy) is 2. The van der Waals surface area contributed by atoms with Crippen molar-refractivity contribution >= 4 is 0 Å². The Morgan fingerprint density at radius 1 is 1.38 bits per heavy atom. The Morgan fingerprint density at radius 3 is 2.95 bits per heavy atom. The van der Waals surface area contributed by atoms with Gasteiger partial charge in [0.25, 0.3) is 0 Å². The van der Waals surface area contributed by atoms with Crippen LogP contribution in [0.5, 0.6) is 5.88 Å². The second kappa shape index (κ2) is 6.71. The van der Waals surface area contributed by atoms with Crippen molar-refractivity contribution in [2.24, 2.45) is 5.41 Å². The van der Waals surface area contributed by atoms with Gasteiger partial charge in [0.15, 0.2) is 0 Å². The highest BCUT2D eigenvalue weighted by Crippen LogP contribution is 2.47. The molecule has 2 fully saturated rings. The van der Waals surface area contributed by atoms with Crippen LogP contribution in [0.25, 0.3) is 0 Å². The predicted octanol–water partition coefficient (Wildman–Crippen LogP) is 2.31. The summed E-state index contributed by atoms with van der Waals surface area (Å²) < 4.78 is 11.3. The van der Waals surface area contributed by atoms with Crippen molar-refractivity contribution in [3.63, 3.8) is 0 Å². The number of hydrogen-bond acceptors (Lipinski definition) is 5. The van der Waals surface area contributed by atoms with E-state index >= 15 is 0 Å². The molecule has 1 saturated heterocycles. The number of nitrogens with zero attached hydrogens (tertiary/aromatic N) is 2. The van der Waals surface area contributed by atoms with Crippen molar-refractivity contribution in [2.45, 2.75) is 51.2 Å². The topological polar surface area (TPSA) is 56.3 Å². The smallest absolute Gasteiger partial charge is 0.220 e. The minimum Gasteiger partial charge on any atom is -0.481 e. The summed E-state index contributed by atoms with van der Waals surface area (Å²) in [6, 6.07) is 0. The number of methoxy groups -OCH3 is 1. The molecule has 0 amide bonds. The van der Waals surface area contributed by atoms with Gasteiger partial charge in [-0.2, -0.15) is 0 Å². The summed E-state index contributed by atoms with van der Waals surface area (Å²) in [6.45, 7) is 2.70. The third-order valence-corrected chi connectivity index (χ3v) is 4.94. The summed E-state index contributed by atoms with van der Waals surface area (Å²) >= 11 is 0. The van der Waals surface area contributed by atoms with E-state index < -0.39 is 0 Å². The van der Waals surface area contributed by atoms with E-state index in [1.807, 2.05) is 6.20 Å². The minimum atomic E-state index is 0.350. The second-order valence-electron chi connectivity index (χ2n) is 6.23. The van der Waals surface area contributed by atoms with Crippen LogP contribution < -0.4 is 10.1 Å². The molecule has 1 N–H and O–H groups in total. The zero-order valence-electron chi connectivity index (χ0n) is 12.8.